The molecule has 0 aromatic carbocycles. The van der Waals surface area contributed by atoms with Crippen LogP contribution in [0.5, 0.6) is 0 Å². The number of esters is 4. The molecule has 0 spiro atoms. The number of hydrogen-bond donors (Lipinski definition) is 3. The Morgan fingerprint density at radius 2 is 0.517 bits per heavy atom. The zero-order valence-corrected chi connectivity index (χ0v) is 59.5. The molecule has 0 saturated carbocycles. The van der Waals surface area contributed by atoms with E-state index in [1.54, 1.807) is 0 Å². The van der Waals surface area contributed by atoms with Crippen LogP contribution >= 0.6 is 15.6 Å². The first-order valence-corrected chi connectivity index (χ1v) is 39.5. The number of carbonyl (C=O) groups excluding carboxylic acids is 4. The molecule has 0 radical (unpaired) electrons. The summed E-state index contributed by atoms with van der Waals surface area (Å²) in [6.07, 6.45) is 47.4. The van der Waals surface area contributed by atoms with Crippen LogP contribution in [0.4, 0.5) is 0 Å². The topological polar surface area (TPSA) is 237 Å². The fourth-order valence-electron chi connectivity index (χ4n) is 10.6. The second kappa shape index (κ2) is 62.2. The van der Waals surface area contributed by atoms with Crippen molar-refractivity contribution in [1.82, 2.24) is 0 Å². The molecule has 89 heavy (non-hydrogen) atoms. The Labute approximate surface area is 543 Å². The van der Waals surface area contributed by atoms with Gasteiger partial charge in [0.05, 0.1) is 26.4 Å². The lowest BCUT2D eigenvalue weighted by Crippen LogP contribution is -2.30. The van der Waals surface area contributed by atoms with Crippen molar-refractivity contribution in [3.05, 3.63) is 0 Å². The number of rotatable bonds is 69. The van der Waals surface area contributed by atoms with E-state index >= 15 is 0 Å². The second-order valence-corrected chi connectivity index (χ2v) is 29.1. The monoisotopic (exact) mass is 1310 g/mol. The van der Waals surface area contributed by atoms with Gasteiger partial charge in [-0.3, -0.25) is 37.3 Å². The van der Waals surface area contributed by atoms with Gasteiger partial charge in [0.1, 0.15) is 19.3 Å². The number of phosphoric ester groups is 2. The van der Waals surface area contributed by atoms with Gasteiger partial charge in [0, 0.05) is 25.7 Å². The first-order chi connectivity index (χ1) is 42.9. The van der Waals surface area contributed by atoms with Gasteiger partial charge in [-0.15, -0.1) is 0 Å². The maximum absolute atomic E-state index is 13.0. The van der Waals surface area contributed by atoms with Gasteiger partial charge in [-0.1, -0.05) is 305 Å². The molecule has 2 unspecified atom stereocenters. The summed E-state index contributed by atoms with van der Waals surface area (Å²) < 4.78 is 68.1. The van der Waals surface area contributed by atoms with Gasteiger partial charge >= 0.3 is 39.5 Å². The third-order valence-corrected chi connectivity index (χ3v) is 18.1. The van der Waals surface area contributed by atoms with Gasteiger partial charge in [-0.2, -0.15) is 0 Å². The molecule has 5 atom stereocenters. The number of carbonyl (C=O) groups is 4. The highest BCUT2D eigenvalue weighted by molar-refractivity contribution is 7.47. The highest BCUT2D eigenvalue weighted by Crippen LogP contribution is 2.45. The van der Waals surface area contributed by atoms with Crippen LogP contribution in [-0.2, 0) is 65.4 Å². The molecule has 3 N–H and O–H groups in total. The SMILES string of the molecule is CCCCCCCCCCC(=O)O[C@H](COC(=O)CCCCCCCCC)COP(=O)(O)OC[C@H](O)COP(=O)(O)OC[C@@H](COC(=O)CCCCCCCCCCCCCCC(C)C)OC(=O)CCCCCCCCCCCCCCCCCCC(C)C. The Balaban J connectivity index is 5.16. The summed E-state index contributed by atoms with van der Waals surface area (Å²) in [5.74, 6) is -0.540. The minimum Gasteiger partial charge on any atom is -0.462 e. The first kappa shape index (κ1) is 87.1. The molecular weight excluding hydrogens is 1170 g/mol. The van der Waals surface area contributed by atoms with Crippen LogP contribution in [0.15, 0.2) is 0 Å². The molecule has 0 saturated heterocycles. The van der Waals surface area contributed by atoms with E-state index in [-0.39, 0.29) is 25.7 Å². The summed E-state index contributed by atoms with van der Waals surface area (Å²) in [6.45, 7) is 9.52. The molecule has 0 bridgehead atoms. The molecule has 0 rings (SSSR count). The molecule has 528 valence electrons. The summed E-state index contributed by atoms with van der Waals surface area (Å²) in [5, 5.41) is 10.6. The Morgan fingerprint density at radius 1 is 0.303 bits per heavy atom. The molecule has 0 heterocycles. The average Bonchev–Trinajstić information content (AvgIpc) is 3.71. The molecule has 0 fully saturated rings. The molecule has 0 aliphatic carbocycles. The lowest BCUT2D eigenvalue weighted by Gasteiger charge is -2.21. The van der Waals surface area contributed by atoms with E-state index in [0.29, 0.717) is 25.7 Å². The summed E-state index contributed by atoms with van der Waals surface area (Å²) in [4.78, 5) is 72.3. The van der Waals surface area contributed by atoms with Gasteiger partial charge in [0.15, 0.2) is 12.2 Å². The summed E-state index contributed by atoms with van der Waals surface area (Å²) >= 11 is 0. The minimum atomic E-state index is -4.95. The first-order valence-electron chi connectivity index (χ1n) is 36.5. The lowest BCUT2D eigenvalue weighted by molar-refractivity contribution is -0.161. The molecule has 19 heteroatoms. The highest BCUT2D eigenvalue weighted by Gasteiger charge is 2.30. The Hall–Kier alpha value is -1.94. The van der Waals surface area contributed by atoms with Crippen molar-refractivity contribution in [2.24, 2.45) is 11.8 Å². The molecule has 0 aromatic heterocycles. The van der Waals surface area contributed by atoms with E-state index in [0.717, 1.165) is 121 Å². The van der Waals surface area contributed by atoms with Gasteiger partial charge in [0.2, 0.25) is 0 Å². The molecular formula is C70H136O17P2. The normalized spacial score (nSPS) is 14.1. The fraction of sp³-hybridized carbons (Fsp3) is 0.943. The largest absolute Gasteiger partial charge is 0.472 e. The molecule has 17 nitrogen and oxygen atoms in total. The number of phosphoric acid groups is 2. The van der Waals surface area contributed by atoms with Crippen LogP contribution in [0.3, 0.4) is 0 Å². The number of ether oxygens (including phenoxy) is 4. The van der Waals surface area contributed by atoms with Crippen LogP contribution in [0.1, 0.15) is 356 Å². The molecule has 0 aliphatic rings. The van der Waals surface area contributed by atoms with Gasteiger partial charge < -0.3 is 33.8 Å². The second-order valence-electron chi connectivity index (χ2n) is 26.2. The zero-order chi connectivity index (χ0) is 65.7. The predicted molar refractivity (Wildman–Crippen MR) is 358 cm³/mol. The van der Waals surface area contributed by atoms with Crippen LogP contribution in [0.25, 0.3) is 0 Å². The number of aliphatic hydroxyl groups is 1. The van der Waals surface area contributed by atoms with E-state index in [4.69, 9.17) is 37.0 Å². The van der Waals surface area contributed by atoms with Crippen molar-refractivity contribution in [3.8, 4) is 0 Å². The zero-order valence-electron chi connectivity index (χ0n) is 57.7. The van der Waals surface area contributed by atoms with Gasteiger partial charge in [-0.05, 0) is 37.5 Å². The number of aliphatic hydroxyl groups excluding tert-OH is 1. The standard InChI is InChI=1S/C70H136O17P2/c1-7-9-11-13-15-35-42-48-54-69(74)86-65(58-80-67(72)52-46-40-32-14-12-10-8-2)60-84-88(76,77)82-56-64(71)57-83-89(78,79)85-61-66(59-81-68(73)53-47-41-36-30-26-23-22-25-29-34-39-45-51-63(5)6)87-70(75)55-49-43-37-31-27-21-19-17-16-18-20-24-28-33-38-44-50-62(3)4/h62-66,71H,7-61H2,1-6H3,(H,76,77)(H,78,79)/t64-,65+,66+/m0/s1. The third kappa shape index (κ3) is 64.6. The smallest absolute Gasteiger partial charge is 0.462 e. The third-order valence-electron chi connectivity index (χ3n) is 16.2. The van der Waals surface area contributed by atoms with Crippen molar-refractivity contribution >= 4 is 39.5 Å². The van der Waals surface area contributed by atoms with E-state index in [1.165, 1.54) is 154 Å². The molecule has 0 aliphatic heterocycles. The van der Waals surface area contributed by atoms with Crippen molar-refractivity contribution in [2.45, 2.75) is 374 Å². The summed E-state index contributed by atoms with van der Waals surface area (Å²) in [5.41, 5.74) is 0. The quantitative estimate of drug-likeness (QED) is 0.0222. The lowest BCUT2D eigenvalue weighted by atomic mass is 10.0. The van der Waals surface area contributed by atoms with Crippen molar-refractivity contribution < 1.29 is 80.2 Å². The number of unbranched alkanes of at least 4 members (excludes halogenated alkanes) is 39. The maximum Gasteiger partial charge on any atom is 0.472 e. The van der Waals surface area contributed by atoms with Crippen LogP contribution < -0.4 is 0 Å². The fourth-order valence-corrected chi connectivity index (χ4v) is 12.2. The maximum atomic E-state index is 13.0. The Morgan fingerprint density at radius 3 is 0.764 bits per heavy atom. The summed E-state index contributed by atoms with van der Waals surface area (Å²) in [6, 6.07) is 0. The van der Waals surface area contributed by atoms with E-state index in [2.05, 4.69) is 41.5 Å². The van der Waals surface area contributed by atoms with Gasteiger partial charge in [-0.25, -0.2) is 9.13 Å². The van der Waals surface area contributed by atoms with E-state index in [9.17, 15) is 43.2 Å². The van der Waals surface area contributed by atoms with Crippen LogP contribution in [-0.4, -0.2) is 96.7 Å². The van der Waals surface area contributed by atoms with E-state index in [1.807, 2.05) is 0 Å². The highest BCUT2D eigenvalue weighted by atomic mass is 31.2. The average molecular weight is 1310 g/mol. The molecule has 0 amide bonds. The van der Waals surface area contributed by atoms with Crippen molar-refractivity contribution in [2.75, 3.05) is 39.6 Å². The summed E-state index contributed by atoms with van der Waals surface area (Å²) in [7, 11) is -9.89. The van der Waals surface area contributed by atoms with E-state index < -0.39 is 97.5 Å². The minimum absolute atomic E-state index is 0.105. The predicted octanol–water partition coefficient (Wildman–Crippen LogP) is 20.0. The Kier molecular flexibility index (Phi) is 60.8. The number of hydrogen-bond acceptors (Lipinski definition) is 15. The van der Waals surface area contributed by atoms with Gasteiger partial charge in [0.25, 0.3) is 0 Å². The van der Waals surface area contributed by atoms with Crippen molar-refractivity contribution in [3.63, 3.8) is 0 Å². The van der Waals surface area contributed by atoms with Crippen molar-refractivity contribution in [1.29, 1.82) is 0 Å². The van der Waals surface area contributed by atoms with Crippen LogP contribution in [0, 0.1) is 11.8 Å². The Bertz CT molecular complexity index is 1730. The molecule has 0 aromatic rings. The van der Waals surface area contributed by atoms with Crippen LogP contribution in [0.2, 0.25) is 0 Å².